The van der Waals surface area contributed by atoms with E-state index in [-0.39, 0.29) is 24.1 Å². The molecule has 5 nitrogen and oxygen atoms in total. The molecule has 3 aromatic rings. The maximum Gasteiger partial charge on any atom is 0.410 e. The Bertz CT molecular complexity index is 1330. The molecule has 2 unspecified atom stereocenters. The van der Waals surface area contributed by atoms with E-state index >= 15 is 0 Å². The lowest BCUT2D eigenvalue weighted by atomic mass is 9.83. The lowest BCUT2D eigenvalue weighted by molar-refractivity contribution is 0.0539. The van der Waals surface area contributed by atoms with Crippen LogP contribution in [0.4, 0.5) is 4.79 Å². The molecule has 0 radical (unpaired) electrons. The van der Waals surface area contributed by atoms with Crippen molar-refractivity contribution in [1.82, 2.24) is 4.90 Å². The van der Waals surface area contributed by atoms with Crippen molar-refractivity contribution in [3.8, 4) is 22.6 Å². The first-order valence-corrected chi connectivity index (χ1v) is 13.5. The Morgan fingerprint density at radius 2 is 1.59 bits per heavy atom. The molecule has 188 valence electrons. The van der Waals surface area contributed by atoms with Crippen molar-refractivity contribution in [2.24, 2.45) is 0 Å². The van der Waals surface area contributed by atoms with Gasteiger partial charge in [0, 0.05) is 18.4 Å². The molecule has 7 rings (SSSR count). The molecule has 2 bridgehead atoms. The van der Waals surface area contributed by atoms with Crippen LogP contribution >= 0.6 is 0 Å². The molecule has 1 fully saturated rings. The van der Waals surface area contributed by atoms with E-state index in [0.29, 0.717) is 19.8 Å². The van der Waals surface area contributed by atoms with E-state index < -0.39 is 0 Å². The highest BCUT2D eigenvalue weighted by atomic mass is 16.6. The third-order valence-electron chi connectivity index (χ3n) is 8.30. The normalized spacial score (nSPS) is 21.9. The first-order valence-electron chi connectivity index (χ1n) is 13.5. The van der Waals surface area contributed by atoms with Crippen molar-refractivity contribution in [1.29, 1.82) is 0 Å². The topological polar surface area (TPSA) is 48.0 Å². The summed E-state index contributed by atoms with van der Waals surface area (Å²) < 4.78 is 17.8. The molecular weight excluding hydrogens is 462 g/mol. The van der Waals surface area contributed by atoms with Crippen LogP contribution in [-0.2, 0) is 4.74 Å². The average molecular weight is 494 g/mol. The molecule has 37 heavy (non-hydrogen) atoms. The number of fused-ring (bicyclic) bond motifs is 6. The highest BCUT2D eigenvalue weighted by Crippen LogP contribution is 2.45. The average Bonchev–Trinajstić information content (AvgIpc) is 3.06. The minimum atomic E-state index is -0.189. The summed E-state index contributed by atoms with van der Waals surface area (Å²) in [4.78, 5) is 15.5. The van der Waals surface area contributed by atoms with Crippen LogP contribution in [0.2, 0.25) is 0 Å². The fourth-order valence-electron chi connectivity index (χ4n) is 6.56. The van der Waals surface area contributed by atoms with Gasteiger partial charge in [0.05, 0.1) is 19.3 Å². The molecule has 0 aromatic heterocycles. The first kappa shape index (κ1) is 22.5. The molecule has 5 heteroatoms. The van der Waals surface area contributed by atoms with Gasteiger partial charge < -0.3 is 14.2 Å². The van der Waals surface area contributed by atoms with E-state index in [1.165, 1.54) is 27.8 Å². The summed E-state index contributed by atoms with van der Waals surface area (Å²) in [5.74, 6) is 1.71. The van der Waals surface area contributed by atoms with E-state index in [1.54, 1.807) is 0 Å². The summed E-state index contributed by atoms with van der Waals surface area (Å²) in [5, 5.41) is 0. The Hall–Kier alpha value is -3.73. The molecule has 0 spiro atoms. The van der Waals surface area contributed by atoms with Crippen molar-refractivity contribution in [3.05, 3.63) is 89.5 Å². The quantitative estimate of drug-likeness (QED) is 0.402. The second kappa shape index (κ2) is 9.29. The number of amides is 1. The molecule has 3 heterocycles. The minimum absolute atomic E-state index is 0.0640. The Kier molecular flexibility index (Phi) is 5.64. The minimum Gasteiger partial charge on any atom is -0.490 e. The summed E-state index contributed by atoms with van der Waals surface area (Å²) in [6, 6.07) is 23.4. The molecule has 1 aliphatic carbocycles. The van der Waals surface area contributed by atoms with Gasteiger partial charge in [-0.25, -0.2) is 4.79 Å². The van der Waals surface area contributed by atoms with Gasteiger partial charge in [0.25, 0.3) is 0 Å². The largest absolute Gasteiger partial charge is 0.490 e. The lowest BCUT2D eigenvalue weighted by Crippen LogP contribution is -2.51. The lowest BCUT2D eigenvalue weighted by Gasteiger charge is -2.44. The van der Waals surface area contributed by atoms with Gasteiger partial charge in [-0.05, 0) is 71.2 Å². The molecule has 1 saturated heterocycles. The highest BCUT2D eigenvalue weighted by molar-refractivity contribution is 5.79. The molecule has 3 aliphatic heterocycles. The monoisotopic (exact) mass is 493 g/mol. The maximum atomic E-state index is 13.5. The molecule has 4 aliphatic rings. The summed E-state index contributed by atoms with van der Waals surface area (Å²) >= 11 is 0. The van der Waals surface area contributed by atoms with Crippen molar-refractivity contribution in [3.63, 3.8) is 0 Å². The van der Waals surface area contributed by atoms with E-state index in [2.05, 4.69) is 66.7 Å². The second-order valence-electron chi connectivity index (χ2n) is 10.5. The van der Waals surface area contributed by atoms with Gasteiger partial charge in [-0.3, -0.25) is 4.90 Å². The van der Waals surface area contributed by atoms with Crippen LogP contribution in [0.5, 0.6) is 11.5 Å². The van der Waals surface area contributed by atoms with E-state index in [9.17, 15) is 4.79 Å². The molecule has 3 aromatic carbocycles. The van der Waals surface area contributed by atoms with Gasteiger partial charge in [-0.2, -0.15) is 0 Å². The number of hydrogen-bond acceptors (Lipinski definition) is 4. The van der Waals surface area contributed by atoms with Crippen LogP contribution in [0.1, 0.15) is 54.7 Å². The third-order valence-corrected chi connectivity index (χ3v) is 8.30. The Morgan fingerprint density at radius 3 is 2.35 bits per heavy atom. The Morgan fingerprint density at radius 1 is 0.865 bits per heavy atom. The maximum absolute atomic E-state index is 13.5. The van der Waals surface area contributed by atoms with Gasteiger partial charge in [-0.15, -0.1) is 0 Å². The van der Waals surface area contributed by atoms with E-state index in [1.807, 2.05) is 11.0 Å². The summed E-state index contributed by atoms with van der Waals surface area (Å²) in [6.45, 7) is 1.73. The van der Waals surface area contributed by atoms with Gasteiger partial charge in [0.1, 0.15) is 6.61 Å². The number of rotatable bonds is 3. The van der Waals surface area contributed by atoms with Crippen molar-refractivity contribution in [2.75, 3.05) is 19.8 Å². The van der Waals surface area contributed by atoms with Crippen molar-refractivity contribution in [2.45, 2.75) is 50.1 Å². The highest BCUT2D eigenvalue weighted by Gasteiger charge is 2.39. The number of nitrogens with zero attached hydrogens (tertiary/aromatic N) is 1. The van der Waals surface area contributed by atoms with Gasteiger partial charge in [0.2, 0.25) is 0 Å². The van der Waals surface area contributed by atoms with Crippen LogP contribution in [0, 0.1) is 0 Å². The Labute approximate surface area is 217 Å². The smallest absolute Gasteiger partial charge is 0.410 e. The first-order chi connectivity index (χ1) is 18.3. The molecule has 0 N–H and O–H groups in total. The predicted molar refractivity (Wildman–Crippen MR) is 143 cm³/mol. The zero-order valence-corrected chi connectivity index (χ0v) is 20.9. The second-order valence-corrected chi connectivity index (χ2v) is 10.5. The van der Waals surface area contributed by atoms with Gasteiger partial charge in [0.15, 0.2) is 11.5 Å². The molecule has 0 saturated carbocycles. The zero-order chi connectivity index (χ0) is 24.8. The van der Waals surface area contributed by atoms with Crippen molar-refractivity contribution >= 4 is 11.7 Å². The van der Waals surface area contributed by atoms with Crippen LogP contribution in [0.3, 0.4) is 0 Å². The standard InChI is InChI=1S/C32H31NO4/c34-32(37-20-29-27-11-3-1-9-25(27)26-10-2-4-12-28(26)29)33-23-7-5-8-24(33)18-22(17-23)21-13-14-30-31(19-21)36-16-6-15-35-30/h1-4,9-14,17,19,23-24,29H,5-8,15-16,18,20H2. The number of carbonyl (C=O) groups is 1. The number of ether oxygens (including phenoxy) is 3. The van der Waals surface area contributed by atoms with Crippen LogP contribution in [0.15, 0.2) is 72.8 Å². The van der Waals surface area contributed by atoms with Gasteiger partial charge >= 0.3 is 6.09 Å². The van der Waals surface area contributed by atoms with E-state index in [4.69, 9.17) is 14.2 Å². The molecule has 2 atom stereocenters. The number of benzene rings is 3. The van der Waals surface area contributed by atoms with Gasteiger partial charge in [-0.1, -0.05) is 60.7 Å². The third kappa shape index (κ3) is 3.97. The summed E-state index contributed by atoms with van der Waals surface area (Å²) in [7, 11) is 0. The number of carbonyl (C=O) groups excluding carboxylic acids is 1. The zero-order valence-electron chi connectivity index (χ0n) is 20.9. The molecular formula is C32H31NO4. The SMILES string of the molecule is O=C(OCC1c2ccccc2-c2ccccc21)N1C2C=C(c3ccc4c(c3)OCCCO4)CC1CCC2. The Balaban J connectivity index is 1.10. The molecule has 1 amide bonds. The number of hydrogen-bond donors (Lipinski definition) is 0. The fourth-order valence-corrected chi connectivity index (χ4v) is 6.56. The fraction of sp³-hybridized carbons (Fsp3) is 0.344. The van der Waals surface area contributed by atoms with Crippen molar-refractivity contribution < 1.29 is 19.0 Å². The van der Waals surface area contributed by atoms with Crippen LogP contribution in [-0.4, -0.2) is 42.9 Å². The predicted octanol–water partition coefficient (Wildman–Crippen LogP) is 6.81. The summed E-state index contributed by atoms with van der Waals surface area (Å²) in [5.41, 5.74) is 7.42. The number of piperidine rings is 1. The summed E-state index contributed by atoms with van der Waals surface area (Å²) in [6.07, 6.45) is 6.92. The van der Waals surface area contributed by atoms with Crippen LogP contribution < -0.4 is 9.47 Å². The van der Waals surface area contributed by atoms with Crippen LogP contribution in [0.25, 0.3) is 16.7 Å². The van der Waals surface area contributed by atoms with E-state index in [0.717, 1.165) is 49.2 Å².